The molecule has 0 aromatic carbocycles. The fraction of sp³-hybridized carbons (Fsp3) is 0.778. The SMILES string of the molecule is CC1CC(C(=O)NN(C)C)(C(N)=S)C1. The van der Waals surface area contributed by atoms with Crippen molar-refractivity contribution in [1.82, 2.24) is 10.4 Å². The first-order valence-electron chi connectivity index (χ1n) is 4.67. The maximum absolute atomic E-state index is 11.8. The molecule has 1 amide bonds. The number of hydrogen-bond acceptors (Lipinski definition) is 3. The van der Waals surface area contributed by atoms with Crippen LogP contribution in [0.4, 0.5) is 0 Å². The Labute approximate surface area is 89.8 Å². The van der Waals surface area contributed by atoms with E-state index in [0.29, 0.717) is 10.9 Å². The van der Waals surface area contributed by atoms with Crippen molar-refractivity contribution in [3.8, 4) is 0 Å². The minimum atomic E-state index is -0.598. The van der Waals surface area contributed by atoms with Crippen LogP contribution in [0.15, 0.2) is 0 Å². The molecule has 0 atom stereocenters. The van der Waals surface area contributed by atoms with Gasteiger partial charge in [-0.2, -0.15) is 0 Å². The summed E-state index contributed by atoms with van der Waals surface area (Å²) in [6.45, 7) is 2.10. The van der Waals surface area contributed by atoms with Crippen molar-refractivity contribution in [3.63, 3.8) is 0 Å². The van der Waals surface area contributed by atoms with Gasteiger partial charge in [-0.05, 0) is 18.8 Å². The maximum Gasteiger partial charge on any atom is 0.247 e. The van der Waals surface area contributed by atoms with Crippen molar-refractivity contribution in [2.75, 3.05) is 14.1 Å². The molecule has 0 aromatic heterocycles. The largest absolute Gasteiger partial charge is 0.392 e. The minimum absolute atomic E-state index is 0.0758. The Balaban J connectivity index is 2.70. The van der Waals surface area contributed by atoms with Crippen LogP contribution in [0.3, 0.4) is 0 Å². The first kappa shape index (κ1) is 11.4. The van der Waals surface area contributed by atoms with Crippen molar-refractivity contribution < 1.29 is 4.79 Å². The maximum atomic E-state index is 11.8. The van der Waals surface area contributed by atoms with Gasteiger partial charge in [-0.25, -0.2) is 5.01 Å². The van der Waals surface area contributed by atoms with Gasteiger partial charge in [0.05, 0.1) is 4.99 Å². The topological polar surface area (TPSA) is 58.4 Å². The number of rotatable bonds is 3. The average molecular weight is 215 g/mol. The number of amides is 1. The summed E-state index contributed by atoms with van der Waals surface area (Å²) in [6.07, 6.45) is 1.53. The van der Waals surface area contributed by atoms with E-state index in [9.17, 15) is 4.79 Å². The third-order valence-corrected chi connectivity index (χ3v) is 3.02. The highest BCUT2D eigenvalue weighted by Gasteiger charge is 2.50. The van der Waals surface area contributed by atoms with Gasteiger partial charge in [-0.15, -0.1) is 0 Å². The molecule has 0 spiro atoms. The first-order chi connectivity index (χ1) is 6.38. The molecule has 1 aliphatic carbocycles. The number of hydrogen-bond donors (Lipinski definition) is 2. The van der Waals surface area contributed by atoms with Crippen LogP contribution in [0.1, 0.15) is 19.8 Å². The summed E-state index contributed by atoms with van der Waals surface area (Å²) in [4.78, 5) is 12.1. The third-order valence-electron chi connectivity index (χ3n) is 2.63. The highest BCUT2D eigenvalue weighted by molar-refractivity contribution is 7.80. The second kappa shape index (κ2) is 3.82. The van der Waals surface area contributed by atoms with E-state index in [-0.39, 0.29) is 5.91 Å². The summed E-state index contributed by atoms with van der Waals surface area (Å²) in [6, 6.07) is 0. The van der Waals surface area contributed by atoms with Crippen LogP contribution >= 0.6 is 12.2 Å². The van der Waals surface area contributed by atoms with Crippen LogP contribution in [0.25, 0.3) is 0 Å². The Kier molecular flexibility index (Phi) is 3.11. The van der Waals surface area contributed by atoms with E-state index < -0.39 is 5.41 Å². The lowest BCUT2D eigenvalue weighted by molar-refractivity contribution is -0.136. The summed E-state index contributed by atoms with van der Waals surface area (Å²) < 4.78 is 0. The second-order valence-electron chi connectivity index (χ2n) is 4.30. The van der Waals surface area contributed by atoms with Gasteiger partial charge in [-0.1, -0.05) is 19.1 Å². The second-order valence-corrected chi connectivity index (χ2v) is 4.73. The van der Waals surface area contributed by atoms with Crippen molar-refractivity contribution in [2.45, 2.75) is 19.8 Å². The Morgan fingerprint density at radius 3 is 2.36 bits per heavy atom. The summed E-state index contributed by atoms with van der Waals surface area (Å²) in [7, 11) is 3.54. The van der Waals surface area contributed by atoms with Crippen LogP contribution in [0, 0.1) is 11.3 Å². The lowest BCUT2D eigenvalue weighted by atomic mass is 9.62. The number of nitrogens with two attached hydrogens (primary N) is 1. The molecule has 14 heavy (non-hydrogen) atoms. The van der Waals surface area contributed by atoms with Gasteiger partial charge in [0.1, 0.15) is 5.41 Å². The zero-order valence-corrected chi connectivity index (χ0v) is 9.65. The lowest BCUT2D eigenvalue weighted by Crippen LogP contribution is -2.58. The molecule has 80 valence electrons. The van der Waals surface area contributed by atoms with E-state index >= 15 is 0 Å². The van der Waals surface area contributed by atoms with E-state index in [1.54, 1.807) is 19.1 Å². The molecule has 0 aromatic rings. The van der Waals surface area contributed by atoms with Crippen LogP contribution < -0.4 is 11.2 Å². The minimum Gasteiger partial charge on any atom is -0.392 e. The van der Waals surface area contributed by atoms with Gasteiger partial charge in [0.25, 0.3) is 0 Å². The van der Waals surface area contributed by atoms with E-state index in [2.05, 4.69) is 12.3 Å². The summed E-state index contributed by atoms with van der Waals surface area (Å²) in [5.41, 5.74) is 7.74. The summed E-state index contributed by atoms with van der Waals surface area (Å²) in [5.74, 6) is 0.456. The van der Waals surface area contributed by atoms with Gasteiger partial charge in [-0.3, -0.25) is 10.2 Å². The molecule has 0 saturated heterocycles. The van der Waals surface area contributed by atoms with Gasteiger partial charge >= 0.3 is 0 Å². The predicted octanol–water partition coefficient (Wildman–Crippen LogP) is 0.282. The fourth-order valence-electron chi connectivity index (χ4n) is 1.94. The van der Waals surface area contributed by atoms with Crippen molar-refractivity contribution in [3.05, 3.63) is 0 Å². The zero-order chi connectivity index (χ0) is 10.9. The Morgan fingerprint density at radius 2 is 2.07 bits per heavy atom. The molecule has 5 heteroatoms. The molecule has 3 N–H and O–H groups in total. The fourth-order valence-corrected chi connectivity index (χ4v) is 2.20. The smallest absolute Gasteiger partial charge is 0.247 e. The molecule has 4 nitrogen and oxygen atoms in total. The monoisotopic (exact) mass is 215 g/mol. The molecule has 1 fully saturated rings. The number of nitrogens with one attached hydrogen (secondary N) is 1. The quantitative estimate of drug-likeness (QED) is 0.524. The number of carbonyl (C=O) groups excluding carboxylic acids is 1. The van der Waals surface area contributed by atoms with Gasteiger partial charge in [0, 0.05) is 14.1 Å². The van der Waals surface area contributed by atoms with Crippen LogP contribution in [0.5, 0.6) is 0 Å². The number of hydrazine groups is 1. The molecule has 0 bridgehead atoms. The first-order valence-corrected chi connectivity index (χ1v) is 5.07. The molecule has 1 rings (SSSR count). The summed E-state index contributed by atoms with van der Waals surface area (Å²) in [5, 5.41) is 1.62. The molecule has 0 aliphatic heterocycles. The van der Waals surface area contributed by atoms with Crippen molar-refractivity contribution in [2.24, 2.45) is 17.1 Å². The van der Waals surface area contributed by atoms with E-state index in [1.165, 1.54) is 0 Å². The lowest BCUT2D eigenvalue weighted by Gasteiger charge is -2.44. The molecular formula is C9H17N3OS. The van der Waals surface area contributed by atoms with Crippen molar-refractivity contribution in [1.29, 1.82) is 0 Å². The molecule has 0 radical (unpaired) electrons. The van der Waals surface area contributed by atoms with Gasteiger partial charge in [0.2, 0.25) is 5.91 Å². The van der Waals surface area contributed by atoms with Crippen molar-refractivity contribution >= 4 is 23.1 Å². The summed E-state index contributed by atoms with van der Waals surface area (Å²) >= 11 is 4.96. The zero-order valence-electron chi connectivity index (χ0n) is 8.83. The van der Waals surface area contributed by atoms with Gasteiger partial charge < -0.3 is 5.73 Å². The molecule has 1 aliphatic rings. The normalized spacial score (nSPS) is 31.0. The average Bonchev–Trinajstić information content (AvgIpc) is 1.95. The third kappa shape index (κ3) is 1.88. The number of thiocarbonyl (C=S) groups is 1. The molecule has 0 unspecified atom stereocenters. The standard InChI is InChI=1S/C9H17N3OS/c1-6-4-9(5-6,7(10)14)8(13)11-12(2)3/h6H,4-5H2,1-3H3,(H2,10,14)(H,11,13). The Bertz CT molecular complexity index is 259. The van der Waals surface area contributed by atoms with Gasteiger partial charge in [0.15, 0.2) is 0 Å². The van der Waals surface area contributed by atoms with Crippen LogP contribution in [-0.2, 0) is 4.79 Å². The molecular weight excluding hydrogens is 198 g/mol. The highest BCUT2D eigenvalue weighted by Crippen LogP contribution is 2.45. The predicted molar refractivity (Wildman–Crippen MR) is 59.4 cm³/mol. The number of nitrogens with zero attached hydrogens (tertiary/aromatic N) is 1. The molecule has 0 heterocycles. The van der Waals surface area contributed by atoms with E-state index in [0.717, 1.165) is 12.8 Å². The van der Waals surface area contributed by atoms with Crippen LogP contribution in [0.2, 0.25) is 0 Å². The number of carbonyl (C=O) groups is 1. The van der Waals surface area contributed by atoms with Crippen LogP contribution in [-0.4, -0.2) is 30.0 Å². The Morgan fingerprint density at radius 1 is 1.57 bits per heavy atom. The Hall–Kier alpha value is -0.680. The van der Waals surface area contributed by atoms with E-state index in [1.807, 2.05) is 0 Å². The van der Waals surface area contributed by atoms with E-state index in [4.69, 9.17) is 18.0 Å². The highest BCUT2D eigenvalue weighted by atomic mass is 32.1. The molecule has 1 saturated carbocycles.